The summed E-state index contributed by atoms with van der Waals surface area (Å²) in [6.07, 6.45) is 73.2. The minimum absolute atomic E-state index is 0.0692. The first-order chi connectivity index (χ1) is 35.5. The van der Waals surface area contributed by atoms with E-state index in [-0.39, 0.29) is 31.1 Å². The Labute approximate surface area is 449 Å². The summed E-state index contributed by atoms with van der Waals surface area (Å²) < 4.78 is 17.0. The van der Waals surface area contributed by atoms with Gasteiger partial charge in [-0.3, -0.25) is 14.4 Å². The standard InChI is InChI=1S/C66H124O6/c1-4-7-10-13-16-19-22-25-28-31-34-37-40-43-46-49-52-55-58-64(67)70-61-63(72-66(69)60-57-54-51-48-45-42-39-36-33-30-27-24-21-18-15-12-9-6-3)62-71-65(68)59-56-53-50-47-44-41-38-35-32-29-26-23-20-17-14-11-8-5-2/h28,30-31,33,63H,4-27,29,32,34-62H2,1-3H3/b31-28-,33-30-. The molecular formula is C66H124O6. The lowest BCUT2D eigenvalue weighted by Gasteiger charge is -2.18. The number of carbonyl (C=O) groups excluding carboxylic acids is 3. The predicted molar refractivity (Wildman–Crippen MR) is 312 cm³/mol. The lowest BCUT2D eigenvalue weighted by atomic mass is 10.0. The quantitative estimate of drug-likeness (QED) is 0.0261. The van der Waals surface area contributed by atoms with E-state index >= 15 is 0 Å². The maximum Gasteiger partial charge on any atom is 0.306 e. The molecule has 0 N–H and O–H groups in total. The van der Waals surface area contributed by atoms with Crippen LogP contribution in [0.1, 0.15) is 361 Å². The second-order valence-corrected chi connectivity index (χ2v) is 22.0. The molecule has 6 nitrogen and oxygen atoms in total. The van der Waals surface area contributed by atoms with Crippen molar-refractivity contribution in [3.63, 3.8) is 0 Å². The highest BCUT2D eigenvalue weighted by Gasteiger charge is 2.19. The highest BCUT2D eigenvalue weighted by atomic mass is 16.6. The normalized spacial score (nSPS) is 12.1. The third-order valence-electron chi connectivity index (χ3n) is 14.7. The van der Waals surface area contributed by atoms with Gasteiger partial charge in [-0.15, -0.1) is 0 Å². The second kappa shape index (κ2) is 61.4. The van der Waals surface area contributed by atoms with Gasteiger partial charge in [0.25, 0.3) is 0 Å². The van der Waals surface area contributed by atoms with Gasteiger partial charge < -0.3 is 14.2 Å². The van der Waals surface area contributed by atoms with E-state index in [1.807, 2.05) is 0 Å². The van der Waals surface area contributed by atoms with Crippen molar-refractivity contribution in [1.82, 2.24) is 0 Å². The van der Waals surface area contributed by atoms with Gasteiger partial charge in [0, 0.05) is 19.3 Å². The van der Waals surface area contributed by atoms with Crippen LogP contribution in [0.15, 0.2) is 24.3 Å². The lowest BCUT2D eigenvalue weighted by molar-refractivity contribution is -0.167. The van der Waals surface area contributed by atoms with E-state index in [2.05, 4.69) is 45.1 Å². The number of carbonyl (C=O) groups is 3. The Balaban J connectivity index is 4.33. The molecule has 1 unspecified atom stereocenters. The van der Waals surface area contributed by atoms with Gasteiger partial charge in [-0.25, -0.2) is 0 Å². The summed E-state index contributed by atoms with van der Waals surface area (Å²) in [6, 6.07) is 0. The monoisotopic (exact) mass is 1010 g/mol. The molecular weight excluding hydrogens is 889 g/mol. The van der Waals surface area contributed by atoms with E-state index in [9.17, 15) is 14.4 Å². The molecule has 0 bridgehead atoms. The van der Waals surface area contributed by atoms with E-state index < -0.39 is 6.10 Å². The van der Waals surface area contributed by atoms with Gasteiger partial charge in [-0.05, 0) is 70.6 Å². The number of esters is 3. The van der Waals surface area contributed by atoms with Crippen molar-refractivity contribution in [2.75, 3.05) is 13.2 Å². The van der Waals surface area contributed by atoms with E-state index in [4.69, 9.17) is 14.2 Å². The summed E-state index contributed by atoms with van der Waals surface area (Å²) in [5.74, 6) is -0.851. The fraction of sp³-hybridized carbons (Fsp3) is 0.894. The van der Waals surface area contributed by atoms with Crippen LogP contribution in [-0.2, 0) is 28.6 Å². The Hall–Kier alpha value is -2.11. The summed E-state index contributed by atoms with van der Waals surface area (Å²) >= 11 is 0. The SMILES string of the molecule is CCCCCCCCC/C=C\CCCCCCCCCC(=O)OCC(COC(=O)CCCCCCCCCCCCCCCCCCCC)OC(=O)CCCCCCCCC/C=C\CCCCCCCCC. The van der Waals surface area contributed by atoms with Crippen LogP contribution in [0.3, 0.4) is 0 Å². The summed E-state index contributed by atoms with van der Waals surface area (Å²) in [6.45, 7) is 6.70. The van der Waals surface area contributed by atoms with Crippen LogP contribution in [0, 0.1) is 0 Å². The molecule has 0 saturated carbocycles. The summed E-state index contributed by atoms with van der Waals surface area (Å²) in [5.41, 5.74) is 0. The van der Waals surface area contributed by atoms with Crippen molar-refractivity contribution >= 4 is 17.9 Å². The molecule has 1 atom stereocenters. The van der Waals surface area contributed by atoms with Gasteiger partial charge >= 0.3 is 17.9 Å². The molecule has 0 aromatic heterocycles. The molecule has 0 rings (SSSR count). The molecule has 0 heterocycles. The molecule has 0 aliphatic carbocycles. The zero-order valence-electron chi connectivity index (χ0n) is 48.7. The number of unbranched alkanes of at least 4 members (excludes halogenated alkanes) is 45. The Morgan fingerprint density at radius 2 is 0.458 bits per heavy atom. The highest BCUT2D eigenvalue weighted by Crippen LogP contribution is 2.17. The number of hydrogen-bond acceptors (Lipinski definition) is 6. The maximum absolute atomic E-state index is 12.9. The molecule has 0 aliphatic heterocycles. The third-order valence-corrected chi connectivity index (χ3v) is 14.7. The summed E-state index contributed by atoms with van der Waals surface area (Å²) in [4.78, 5) is 38.3. The van der Waals surface area contributed by atoms with E-state index in [1.54, 1.807) is 0 Å². The van der Waals surface area contributed by atoms with Crippen molar-refractivity contribution in [3.8, 4) is 0 Å². The van der Waals surface area contributed by atoms with Gasteiger partial charge in [0.1, 0.15) is 13.2 Å². The Morgan fingerprint density at radius 3 is 0.694 bits per heavy atom. The number of rotatable bonds is 60. The zero-order valence-corrected chi connectivity index (χ0v) is 48.7. The molecule has 0 fully saturated rings. The van der Waals surface area contributed by atoms with E-state index in [1.165, 1.54) is 263 Å². The first-order valence-corrected chi connectivity index (χ1v) is 32.3. The Bertz CT molecular complexity index is 1160. The number of hydrogen-bond donors (Lipinski definition) is 0. The van der Waals surface area contributed by atoms with E-state index in [0.29, 0.717) is 19.3 Å². The first-order valence-electron chi connectivity index (χ1n) is 32.3. The minimum atomic E-state index is -0.773. The molecule has 0 spiro atoms. The largest absolute Gasteiger partial charge is 0.462 e. The van der Waals surface area contributed by atoms with Crippen LogP contribution in [0.25, 0.3) is 0 Å². The Morgan fingerprint density at radius 1 is 0.264 bits per heavy atom. The fourth-order valence-corrected chi connectivity index (χ4v) is 9.79. The molecule has 0 amide bonds. The van der Waals surface area contributed by atoms with Crippen LogP contribution < -0.4 is 0 Å². The number of ether oxygens (including phenoxy) is 3. The molecule has 0 aromatic rings. The maximum atomic E-state index is 12.9. The van der Waals surface area contributed by atoms with Crippen molar-refractivity contribution < 1.29 is 28.6 Å². The van der Waals surface area contributed by atoms with Gasteiger partial charge in [0.2, 0.25) is 0 Å². The van der Waals surface area contributed by atoms with Crippen molar-refractivity contribution in [2.45, 2.75) is 367 Å². The second-order valence-electron chi connectivity index (χ2n) is 22.0. The smallest absolute Gasteiger partial charge is 0.306 e. The van der Waals surface area contributed by atoms with E-state index in [0.717, 1.165) is 57.8 Å². The number of allylic oxidation sites excluding steroid dienone is 4. The average molecular weight is 1010 g/mol. The van der Waals surface area contributed by atoms with Gasteiger partial charge in [-0.2, -0.15) is 0 Å². The summed E-state index contributed by atoms with van der Waals surface area (Å²) in [5, 5.41) is 0. The molecule has 0 saturated heterocycles. The average Bonchev–Trinajstić information content (AvgIpc) is 3.38. The van der Waals surface area contributed by atoms with Crippen LogP contribution in [0.5, 0.6) is 0 Å². The van der Waals surface area contributed by atoms with Crippen LogP contribution in [-0.4, -0.2) is 37.2 Å². The molecule has 424 valence electrons. The van der Waals surface area contributed by atoms with Crippen molar-refractivity contribution in [3.05, 3.63) is 24.3 Å². The first kappa shape index (κ1) is 69.9. The molecule has 72 heavy (non-hydrogen) atoms. The molecule has 0 aliphatic rings. The van der Waals surface area contributed by atoms with Gasteiger partial charge in [0.05, 0.1) is 0 Å². The van der Waals surface area contributed by atoms with Crippen molar-refractivity contribution in [1.29, 1.82) is 0 Å². The molecule has 0 aromatic carbocycles. The van der Waals surface area contributed by atoms with Crippen molar-refractivity contribution in [2.24, 2.45) is 0 Å². The van der Waals surface area contributed by atoms with Crippen LogP contribution in [0.2, 0.25) is 0 Å². The highest BCUT2D eigenvalue weighted by molar-refractivity contribution is 5.71. The fourth-order valence-electron chi connectivity index (χ4n) is 9.79. The summed E-state index contributed by atoms with van der Waals surface area (Å²) in [7, 11) is 0. The topological polar surface area (TPSA) is 78.9 Å². The lowest BCUT2D eigenvalue weighted by Crippen LogP contribution is -2.30. The minimum Gasteiger partial charge on any atom is -0.462 e. The van der Waals surface area contributed by atoms with Crippen LogP contribution >= 0.6 is 0 Å². The van der Waals surface area contributed by atoms with Gasteiger partial charge in [-0.1, -0.05) is 295 Å². The van der Waals surface area contributed by atoms with Gasteiger partial charge in [0.15, 0.2) is 6.10 Å². The Kier molecular flexibility index (Phi) is 59.6. The zero-order chi connectivity index (χ0) is 52.2. The predicted octanol–water partition coefficient (Wildman–Crippen LogP) is 21.8. The van der Waals surface area contributed by atoms with Crippen LogP contribution in [0.4, 0.5) is 0 Å². The third kappa shape index (κ3) is 58.8. The molecule has 6 heteroatoms. The molecule has 0 radical (unpaired) electrons.